The molecule has 0 radical (unpaired) electrons. The Hall–Kier alpha value is -0.0900. The van der Waals surface area contributed by atoms with E-state index in [9.17, 15) is 0 Å². The van der Waals surface area contributed by atoms with Gasteiger partial charge in [0.15, 0.2) is 0 Å². The Morgan fingerprint density at radius 2 is 2.32 bits per heavy atom. The summed E-state index contributed by atoms with van der Waals surface area (Å²) in [6.45, 7) is 7.22. The lowest BCUT2D eigenvalue weighted by Crippen LogP contribution is -2.45. The Morgan fingerprint density at radius 1 is 1.53 bits per heavy atom. The molecule has 106 valence electrons. The minimum Gasteiger partial charge on any atom is -0.370 e. The van der Waals surface area contributed by atoms with Gasteiger partial charge in [-0.2, -0.15) is 11.3 Å². The summed E-state index contributed by atoms with van der Waals surface area (Å²) < 4.78 is 12.5. The van der Waals surface area contributed by atoms with Crippen LogP contribution in [0, 0.1) is 5.92 Å². The SMILES string of the molecule is CC(C)C12CC(OCc3ccsc3)C(C)(CC1Cl)O2. The molecule has 2 saturated heterocycles. The molecule has 1 aromatic heterocycles. The number of thiophene rings is 1. The van der Waals surface area contributed by atoms with Gasteiger partial charge in [-0.05, 0) is 41.7 Å². The van der Waals surface area contributed by atoms with Crippen LogP contribution in [0.25, 0.3) is 0 Å². The van der Waals surface area contributed by atoms with Crippen LogP contribution in [-0.4, -0.2) is 22.7 Å². The molecule has 0 aliphatic carbocycles. The Bertz CT molecular complexity index is 447. The summed E-state index contributed by atoms with van der Waals surface area (Å²) in [7, 11) is 0. The molecule has 1 aromatic rings. The zero-order valence-corrected chi connectivity index (χ0v) is 13.3. The van der Waals surface area contributed by atoms with Crippen LogP contribution in [0.15, 0.2) is 16.8 Å². The number of halogens is 1. The normalized spacial score (nSPS) is 41.3. The van der Waals surface area contributed by atoms with Gasteiger partial charge in [0.2, 0.25) is 0 Å². The van der Waals surface area contributed by atoms with Gasteiger partial charge in [0.25, 0.3) is 0 Å². The second-order valence-electron chi connectivity index (χ2n) is 6.33. The number of rotatable bonds is 4. The lowest BCUT2D eigenvalue weighted by molar-refractivity contribution is -0.0957. The van der Waals surface area contributed by atoms with E-state index in [1.807, 2.05) is 0 Å². The van der Waals surface area contributed by atoms with Crippen LogP contribution < -0.4 is 0 Å². The van der Waals surface area contributed by atoms with E-state index in [-0.39, 0.29) is 22.7 Å². The minimum atomic E-state index is -0.216. The molecule has 4 heteroatoms. The van der Waals surface area contributed by atoms with Crippen molar-refractivity contribution in [2.45, 2.75) is 62.9 Å². The lowest BCUT2D eigenvalue weighted by atomic mass is 9.75. The fourth-order valence-corrected chi connectivity index (χ4v) is 4.81. The van der Waals surface area contributed by atoms with Crippen molar-refractivity contribution in [1.82, 2.24) is 0 Å². The second-order valence-corrected chi connectivity index (χ2v) is 7.64. The topological polar surface area (TPSA) is 18.5 Å². The van der Waals surface area contributed by atoms with Crippen molar-refractivity contribution in [3.63, 3.8) is 0 Å². The summed E-state index contributed by atoms with van der Waals surface area (Å²) in [6.07, 6.45) is 1.96. The number of alkyl halides is 1. The average molecular weight is 301 g/mol. The van der Waals surface area contributed by atoms with E-state index in [0.717, 1.165) is 12.8 Å². The van der Waals surface area contributed by atoms with E-state index in [1.165, 1.54) is 5.56 Å². The highest BCUT2D eigenvalue weighted by Gasteiger charge is 2.65. The van der Waals surface area contributed by atoms with Crippen molar-refractivity contribution in [2.75, 3.05) is 0 Å². The van der Waals surface area contributed by atoms with Gasteiger partial charge >= 0.3 is 0 Å². The zero-order chi connectivity index (χ0) is 13.7. The van der Waals surface area contributed by atoms with Crippen molar-refractivity contribution < 1.29 is 9.47 Å². The van der Waals surface area contributed by atoms with E-state index < -0.39 is 0 Å². The number of ether oxygens (including phenoxy) is 2. The van der Waals surface area contributed by atoms with Crippen molar-refractivity contribution in [2.24, 2.45) is 5.92 Å². The molecule has 4 unspecified atom stereocenters. The van der Waals surface area contributed by atoms with E-state index in [4.69, 9.17) is 21.1 Å². The van der Waals surface area contributed by atoms with E-state index >= 15 is 0 Å². The third-order valence-electron chi connectivity index (χ3n) is 4.73. The van der Waals surface area contributed by atoms with Gasteiger partial charge in [-0.3, -0.25) is 0 Å². The van der Waals surface area contributed by atoms with Gasteiger partial charge in [-0.15, -0.1) is 11.6 Å². The molecule has 3 rings (SSSR count). The highest BCUT2D eigenvalue weighted by Crippen LogP contribution is 2.57. The Morgan fingerprint density at radius 3 is 2.89 bits per heavy atom. The summed E-state index contributed by atoms with van der Waals surface area (Å²) in [5, 5.41) is 4.33. The van der Waals surface area contributed by atoms with Gasteiger partial charge in [0.1, 0.15) is 0 Å². The second kappa shape index (κ2) is 4.73. The van der Waals surface area contributed by atoms with E-state index in [0.29, 0.717) is 12.5 Å². The van der Waals surface area contributed by atoms with Crippen molar-refractivity contribution in [3.8, 4) is 0 Å². The van der Waals surface area contributed by atoms with Crippen molar-refractivity contribution in [1.29, 1.82) is 0 Å². The Kier molecular flexibility index (Phi) is 3.45. The van der Waals surface area contributed by atoms with Crippen LogP contribution in [0.1, 0.15) is 39.2 Å². The quantitative estimate of drug-likeness (QED) is 0.775. The van der Waals surface area contributed by atoms with Crippen molar-refractivity contribution in [3.05, 3.63) is 22.4 Å². The highest BCUT2D eigenvalue weighted by atomic mass is 35.5. The molecular weight excluding hydrogens is 280 g/mol. The fraction of sp³-hybridized carbons (Fsp3) is 0.733. The lowest BCUT2D eigenvalue weighted by Gasteiger charge is -2.35. The first-order valence-electron chi connectivity index (χ1n) is 6.93. The molecule has 19 heavy (non-hydrogen) atoms. The zero-order valence-electron chi connectivity index (χ0n) is 11.7. The molecule has 0 spiro atoms. The third kappa shape index (κ3) is 2.15. The molecule has 2 bridgehead atoms. The molecule has 0 amide bonds. The smallest absolute Gasteiger partial charge is 0.0939 e. The molecule has 0 aromatic carbocycles. The first-order chi connectivity index (χ1) is 8.96. The van der Waals surface area contributed by atoms with Crippen LogP contribution in [0.2, 0.25) is 0 Å². The summed E-state index contributed by atoms with van der Waals surface area (Å²) >= 11 is 8.24. The maximum atomic E-state index is 6.54. The third-order valence-corrected chi connectivity index (χ3v) is 5.99. The fourth-order valence-electron chi connectivity index (χ4n) is 3.46. The van der Waals surface area contributed by atoms with E-state index in [1.54, 1.807) is 11.3 Å². The molecule has 0 saturated carbocycles. The van der Waals surface area contributed by atoms with Crippen LogP contribution in [-0.2, 0) is 16.1 Å². The molecule has 2 fully saturated rings. The molecule has 2 nitrogen and oxygen atoms in total. The largest absolute Gasteiger partial charge is 0.370 e. The molecule has 3 heterocycles. The Balaban J connectivity index is 1.72. The average Bonchev–Trinajstić information content (AvgIpc) is 2.98. The number of hydrogen-bond acceptors (Lipinski definition) is 3. The first-order valence-corrected chi connectivity index (χ1v) is 8.31. The number of fused-ring (bicyclic) bond motifs is 2. The van der Waals surface area contributed by atoms with E-state index in [2.05, 4.69) is 37.6 Å². The number of hydrogen-bond donors (Lipinski definition) is 0. The minimum absolute atomic E-state index is 0.110. The van der Waals surface area contributed by atoms with Crippen LogP contribution in [0.4, 0.5) is 0 Å². The van der Waals surface area contributed by atoms with Gasteiger partial charge in [0.05, 0.1) is 29.3 Å². The maximum absolute atomic E-state index is 6.54. The van der Waals surface area contributed by atoms with Gasteiger partial charge in [0, 0.05) is 6.42 Å². The monoisotopic (exact) mass is 300 g/mol. The summed E-state index contributed by atoms with van der Waals surface area (Å²) in [6, 6.07) is 2.11. The predicted octanol–water partition coefficient (Wildman–Crippen LogP) is 4.22. The summed E-state index contributed by atoms with van der Waals surface area (Å²) in [5.41, 5.74) is 0.833. The molecular formula is C15H21ClO2S. The molecule has 4 atom stereocenters. The Labute approximate surface area is 124 Å². The van der Waals surface area contributed by atoms with Gasteiger partial charge < -0.3 is 9.47 Å². The predicted molar refractivity (Wildman–Crippen MR) is 78.8 cm³/mol. The summed E-state index contributed by atoms with van der Waals surface area (Å²) in [5.74, 6) is 0.423. The van der Waals surface area contributed by atoms with Gasteiger partial charge in [-0.1, -0.05) is 13.8 Å². The van der Waals surface area contributed by atoms with Gasteiger partial charge in [-0.25, -0.2) is 0 Å². The van der Waals surface area contributed by atoms with Crippen LogP contribution in [0.5, 0.6) is 0 Å². The summed E-state index contributed by atoms with van der Waals surface area (Å²) in [4.78, 5) is 0. The molecule has 2 aliphatic heterocycles. The maximum Gasteiger partial charge on any atom is 0.0939 e. The van der Waals surface area contributed by atoms with Crippen LogP contribution in [0.3, 0.4) is 0 Å². The first kappa shape index (κ1) is 13.9. The molecule has 0 N–H and O–H groups in total. The highest BCUT2D eigenvalue weighted by molar-refractivity contribution is 7.07. The van der Waals surface area contributed by atoms with Crippen LogP contribution >= 0.6 is 22.9 Å². The van der Waals surface area contributed by atoms with Crippen molar-refractivity contribution >= 4 is 22.9 Å². The molecule has 2 aliphatic rings. The standard InChI is InChI=1S/C15H21ClO2S/c1-10(2)15-7-13(14(3,18-15)6-12(15)16)17-8-11-4-5-19-9-11/h4-5,9-10,12-13H,6-8H2,1-3H3.